The molecule has 3 fully saturated rings. The standard InChI is InChI=1S/C34H28N2O6/c1-41-24-13-11-19(12-14-24)29(37)18-42-34(40)26-17-28(35-27-8-3-2-7-25(26)27)20-5-4-6-23(16-20)36-32(38)30-21-9-10-22(15-21)31(30)33(36)39/h2-8,11-14,16-17,21-22,30-31H,9-10,15,18H2,1H3. The summed E-state index contributed by atoms with van der Waals surface area (Å²) in [6.45, 7) is -0.421. The molecular weight excluding hydrogens is 532 g/mol. The van der Waals surface area contributed by atoms with Crippen molar-refractivity contribution in [3.05, 3.63) is 90.0 Å². The maximum atomic E-state index is 13.4. The summed E-state index contributed by atoms with van der Waals surface area (Å²) >= 11 is 0. The van der Waals surface area contributed by atoms with Crippen LogP contribution in [0.5, 0.6) is 5.75 Å². The van der Waals surface area contributed by atoms with E-state index >= 15 is 0 Å². The summed E-state index contributed by atoms with van der Waals surface area (Å²) < 4.78 is 10.6. The van der Waals surface area contributed by atoms with E-state index in [1.807, 2.05) is 12.1 Å². The predicted molar refractivity (Wildman–Crippen MR) is 155 cm³/mol. The van der Waals surface area contributed by atoms with Crippen LogP contribution in [0.25, 0.3) is 22.2 Å². The molecule has 7 rings (SSSR count). The van der Waals surface area contributed by atoms with E-state index in [4.69, 9.17) is 14.5 Å². The zero-order chi connectivity index (χ0) is 29.0. The Morgan fingerprint density at radius 2 is 1.60 bits per heavy atom. The Bertz CT molecular complexity index is 1740. The molecule has 1 aromatic heterocycles. The Kier molecular flexibility index (Phi) is 6.34. The highest BCUT2D eigenvalue weighted by molar-refractivity contribution is 6.22. The lowest BCUT2D eigenvalue weighted by Gasteiger charge is -2.19. The maximum Gasteiger partial charge on any atom is 0.339 e. The predicted octanol–water partition coefficient (Wildman–Crippen LogP) is 5.49. The number of Topliss-reactive ketones (excluding diaryl/α,β-unsaturated/α-hetero) is 1. The summed E-state index contributed by atoms with van der Waals surface area (Å²) in [5.41, 5.74) is 2.91. The molecule has 2 aliphatic carbocycles. The molecule has 42 heavy (non-hydrogen) atoms. The quantitative estimate of drug-likeness (QED) is 0.167. The van der Waals surface area contributed by atoms with Gasteiger partial charge in [0.1, 0.15) is 5.75 Å². The number of esters is 1. The van der Waals surface area contributed by atoms with Gasteiger partial charge < -0.3 is 9.47 Å². The van der Waals surface area contributed by atoms with Crippen LogP contribution in [-0.2, 0) is 14.3 Å². The van der Waals surface area contributed by atoms with Crippen molar-refractivity contribution in [1.82, 2.24) is 4.98 Å². The molecule has 0 N–H and O–H groups in total. The molecule has 8 nitrogen and oxygen atoms in total. The number of ether oxygens (including phenoxy) is 2. The number of benzene rings is 3. The van der Waals surface area contributed by atoms with Crippen molar-refractivity contribution in [3.8, 4) is 17.0 Å². The molecule has 0 spiro atoms. The molecule has 3 aliphatic rings. The van der Waals surface area contributed by atoms with E-state index in [0.717, 1.165) is 19.3 Å². The van der Waals surface area contributed by atoms with Crippen LogP contribution < -0.4 is 9.64 Å². The van der Waals surface area contributed by atoms with Crippen LogP contribution in [0.2, 0.25) is 0 Å². The van der Waals surface area contributed by atoms with Crippen LogP contribution in [0.3, 0.4) is 0 Å². The zero-order valence-electron chi connectivity index (χ0n) is 23.0. The van der Waals surface area contributed by atoms with Gasteiger partial charge in [-0.3, -0.25) is 19.3 Å². The number of para-hydroxylation sites is 1. The van der Waals surface area contributed by atoms with E-state index in [-0.39, 0.29) is 35.0 Å². The Morgan fingerprint density at radius 1 is 0.881 bits per heavy atom. The average Bonchev–Trinajstić information content (AvgIpc) is 3.72. The van der Waals surface area contributed by atoms with E-state index in [1.165, 1.54) is 4.90 Å². The largest absolute Gasteiger partial charge is 0.497 e. The van der Waals surface area contributed by atoms with Crippen molar-refractivity contribution in [1.29, 1.82) is 0 Å². The molecule has 2 saturated carbocycles. The number of carbonyl (C=O) groups is 4. The number of carbonyl (C=O) groups excluding carboxylic acids is 4. The van der Waals surface area contributed by atoms with Gasteiger partial charge in [0, 0.05) is 16.5 Å². The lowest BCUT2D eigenvalue weighted by Crippen LogP contribution is -2.32. The van der Waals surface area contributed by atoms with Gasteiger partial charge in [-0.25, -0.2) is 9.78 Å². The number of aromatic nitrogens is 1. The van der Waals surface area contributed by atoms with Crippen LogP contribution in [0.1, 0.15) is 40.0 Å². The number of nitrogens with zero attached hydrogens (tertiary/aromatic N) is 2. The molecular formula is C34H28N2O6. The monoisotopic (exact) mass is 560 g/mol. The molecule has 1 aliphatic heterocycles. The summed E-state index contributed by atoms with van der Waals surface area (Å²) in [4.78, 5) is 58.9. The highest BCUT2D eigenvalue weighted by atomic mass is 16.5. The number of methoxy groups -OCH3 is 1. The van der Waals surface area contributed by atoms with Crippen LogP contribution in [0.15, 0.2) is 78.9 Å². The molecule has 3 aromatic carbocycles. The second-order valence-corrected chi connectivity index (χ2v) is 11.2. The maximum absolute atomic E-state index is 13.4. The molecule has 210 valence electrons. The second kappa shape index (κ2) is 10.2. The highest BCUT2D eigenvalue weighted by Crippen LogP contribution is 2.56. The lowest BCUT2D eigenvalue weighted by atomic mass is 9.81. The summed E-state index contributed by atoms with van der Waals surface area (Å²) in [7, 11) is 1.54. The van der Waals surface area contributed by atoms with E-state index in [1.54, 1.807) is 73.8 Å². The number of anilines is 1. The molecule has 2 heterocycles. The van der Waals surface area contributed by atoms with Gasteiger partial charge in [0.15, 0.2) is 12.4 Å². The Morgan fingerprint density at radius 3 is 2.31 bits per heavy atom. The number of amides is 2. The van der Waals surface area contributed by atoms with E-state index in [0.29, 0.717) is 51.0 Å². The SMILES string of the molecule is COc1ccc(C(=O)COC(=O)c2cc(-c3cccc(N4C(=O)C5C6CCC(C6)C5C4=O)c3)nc3ccccc23)cc1. The fourth-order valence-corrected chi connectivity index (χ4v) is 7.03. The molecule has 2 bridgehead atoms. The summed E-state index contributed by atoms with van der Waals surface area (Å²) in [5.74, 6) is -0.387. The minimum absolute atomic E-state index is 0.105. The fraction of sp³-hybridized carbons (Fsp3) is 0.265. The number of hydrogen-bond acceptors (Lipinski definition) is 7. The van der Waals surface area contributed by atoms with Crippen molar-refractivity contribution in [2.24, 2.45) is 23.7 Å². The molecule has 0 radical (unpaired) electrons. The fourth-order valence-electron chi connectivity index (χ4n) is 7.03. The number of pyridine rings is 1. The molecule has 4 aromatic rings. The van der Waals surface area contributed by atoms with Crippen LogP contribution in [0, 0.1) is 23.7 Å². The summed E-state index contributed by atoms with van der Waals surface area (Å²) in [5, 5.41) is 0.590. The van der Waals surface area contributed by atoms with Gasteiger partial charge in [0.05, 0.1) is 41.4 Å². The molecule has 4 unspecified atom stereocenters. The third-order valence-corrected chi connectivity index (χ3v) is 9.01. The first-order chi connectivity index (χ1) is 20.4. The van der Waals surface area contributed by atoms with E-state index in [2.05, 4.69) is 0 Å². The van der Waals surface area contributed by atoms with Crippen molar-refractivity contribution >= 4 is 40.2 Å². The first-order valence-electron chi connectivity index (χ1n) is 14.2. The van der Waals surface area contributed by atoms with Gasteiger partial charge in [-0.2, -0.15) is 0 Å². The van der Waals surface area contributed by atoms with Crippen LogP contribution >= 0.6 is 0 Å². The van der Waals surface area contributed by atoms with E-state index < -0.39 is 12.6 Å². The number of ketones is 1. The Labute approximate surface area is 242 Å². The first kappa shape index (κ1) is 26.1. The molecule has 1 saturated heterocycles. The number of imide groups is 1. The number of hydrogen-bond donors (Lipinski definition) is 0. The summed E-state index contributed by atoms with van der Waals surface area (Å²) in [6.07, 6.45) is 3.01. The van der Waals surface area contributed by atoms with Crippen LogP contribution in [0.4, 0.5) is 5.69 Å². The van der Waals surface area contributed by atoms with Crippen molar-refractivity contribution < 1.29 is 28.7 Å². The van der Waals surface area contributed by atoms with Crippen molar-refractivity contribution in [2.45, 2.75) is 19.3 Å². The zero-order valence-corrected chi connectivity index (χ0v) is 23.0. The first-order valence-corrected chi connectivity index (χ1v) is 14.2. The van der Waals surface area contributed by atoms with Gasteiger partial charge in [0.25, 0.3) is 0 Å². The van der Waals surface area contributed by atoms with Gasteiger partial charge in [-0.1, -0.05) is 30.3 Å². The van der Waals surface area contributed by atoms with Crippen molar-refractivity contribution in [3.63, 3.8) is 0 Å². The van der Waals surface area contributed by atoms with Gasteiger partial charge in [0.2, 0.25) is 11.8 Å². The lowest BCUT2D eigenvalue weighted by molar-refractivity contribution is -0.123. The second-order valence-electron chi connectivity index (χ2n) is 11.2. The normalized spacial score (nSPS) is 22.5. The molecule has 8 heteroatoms. The molecule has 2 amide bonds. The molecule has 4 atom stereocenters. The van der Waals surface area contributed by atoms with Gasteiger partial charge in [-0.15, -0.1) is 0 Å². The van der Waals surface area contributed by atoms with E-state index in [9.17, 15) is 19.2 Å². The third kappa shape index (κ3) is 4.26. The third-order valence-electron chi connectivity index (χ3n) is 9.01. The minimum Gasteiger partial charge on any atom is -0.497 e. The van der Waals surface area contributed by atoms with Gasteiger partial charge >= 0.3 is 5.97 Å². The Hall–Kier alpha value is -4.85. The summed E-state index contributed by atoms with van der Waals surface area (Å²) in [6, 6.07) is 22.6. The Balaban J connectivity index is 1.17. The smallest absolute Gasteiger partial charge is 0.339 e. The number of fused-ring (bicyclic) bond motifs is 6. The average molecular weight is 561 g/mol. The number of rotatable bonds is 7. The van der Waals surface area contributed by atoms with Gasteiger partial charge in [-0.05, 0) is 79.6 Å². The van der Waals surface area contributed by atoms with Crippen LogP contribution in [-0.4, -0.2) is 42.3 Å². The highest BCUT2D eigenvalue weighted by Gasteiger charge is 2.61. The minimum atomic E-state index is -0.652. The van der Waals surface area contributed by atoms with Crippen molar-refractivity contribution in [2.75, 3.05) is 18.6 Å². The topological polar surface area (TPSA) is 103 Å².